The molecule has 0 fully saturated rings. The Labute approximate surface area is 121 Å². The van der Waals surface area contributed by atoms with Gasteiger partial charge in [-0.2, -0.15) is 0 Å². The second kappa shape index (κ2) is 7.90. The van der Waals surface area contributed by atoms with Crippen LogP contribution in [0, 0.1) is 12.8 Å². The van der Waals surface area contributed by atoms with Gasteiger partial charge in [0, 0.05) is 0 Å². The highest BCUT2D eigenvalue weighted by atomic mass is 16.5. The first kappa shape index (κ1) is 16.5. The van der Waals surface area contributed by atoms with Crippen LogP contribution in [0.1, 0.15) is 39.2 Å². The van der Waals surface area contributed by atoms with Crippen LogP contribution in [-0.2, 0) is 4.79 Å². The van der Waals surface area contributed by atoms with Crippen molar-refractivity contribution in [2.45, 2.75) is 46.6 Å². The summed E-state index contributed by atoms with van der Waals surface area (Å²) >= 11 is 0. The summed E-state index contributed by atoms with van der Waals surface area (Å²) in [6, 6.07) is 5.25. The molecule has 0 bridgehead atoms. The molecule has 1 aromatic rings. The monoisotopic (exact) mass is 278 g/mol. The molecule has 0 aliphatic carbocycles. The van der Waals surface area contributed by atoms with Crippen molar-refractivity contribution in [1.82, 2.24) is 0 Å². The molecule has 0 unspecified atom stereocenters. The molecule has 1 rings (SSSR count). The van der Waals surface area contributed by atoms with Crippen LogP contribution in [0.2, 0.25) is 0 Å². The van der Waals surface area contributed by atoms with Crippen LogP contribution in [0.15, 0.2) is 18.2 Å². The first-order chi connectivity index (χ1) is 9.43. The Balaban J connectivity index is 2.77. The van der Waals surface area contributed by atoms with Crippen molar-refractivity contribution in [3.8, 4) is 5.75 Å². The first-order valence-corrected chi connectivity index (χ1v) is 7.24. The second-order valence-corrected chi connectivity index (χ2v) is 5.57. The minimum Gasteiger partial charge on any atom is -0.491 e. The largest absolute Gasteiger partial charge is 0.491 e. The third-order valence-electron chi connectivity index (χ3n) is 2.92. The Hall–Kier alpha value is -1.55. The molecule has 1 amide bonds. The topological polar surface area (TPSA) is 64.3 Å². The number of ether oxygens (including phenoxy) is 1. The maximum absolute atomic E-state index is 12.1. The van der Waals surface area contributed by atoms with Crippen LogP contribution < -0.4 is 15.8 Å². The van der Waals surface area contributed by atoms with E-state index in [1.807, 2.05) is 32.0 Å². The average Bonchev–Trinajstić information content (AvgIpc) is 2.38. The third kappa shape index (κ3) is 5.21. The number of hydrogen-bond acceptors (Lipinski definition) is 3. The maximum Gasteiger partial charge on any atom is 0.241 e. The summed E-state index contributed by atoms with van der Waals surface area (Å²) < 4.78 is 5.67. The average molecular weight is 278 g/mol. The van der Waals surface area contributed by atoms with Gasteiger partial charge in [0.1, 0.15) is 5.75 Å². The van der Waals surface area contributed by atoms with Crippen LogP contribution in [0.4, 0.5) is 5.69 Å². The molecule has 1 aromatic carbocycles. The summed E-state index contributed by atoms with van der Waals surface area (Å²) in [5, 5.41) is 2.86. The van der Waals surface area contributed by atoms with Crippen molar-refractivity contribution in [2.75, 3.05) is 11.9 Å². The molecule has 0 aromatic heterocycles. The van der Waals surface area contributed by atoms with Gasteiger partial charge in [0.2, 0.25) is 5.91 Å². The molecular formula is C16H26N2O2. The van der Waals surface area contributed by atoms with Crippen molar-refractivity contribution in [3.05, 3.63) is 23.8 Å². The minimum atomic E-state index is -0.490. The summed E-state index contributed by atoms with van der Waals surface area (Å²) in [4.78, 5) is 12.1. The summed E-state index contributed by atoms with van der Waals surface area (Å²) in [7, 11) is 0. The van der Waals surface area contributed by atoms with E-state index in [1.54, 1.807) is 0 Å². The Morgan fingerprint density at radius 2 is 2.10 bits per heavy atom. The van der Waals surface area contributed by atoms with Crippen LogP contribution in [-0.4, -0.2) is 18.6 Å². The number of amides is 1. The molecule has 0 aliphatic rings. The van der Waals surface area contributed by atoms with Crippen LogP contribution in [0.25, 0.3) is 0 Å². The molecule has 4 heteroatoms. The van der Waals surface area contributed by atoms with E-state index in [9.17, 15) is 4.79 Å². The maximum atomic E-state index is 12.1. The zero-order valence-corrected chi connectivity index (χ0v) is 12.9. The van der Waals surface area contributed by atoms with Gasteiger partial charge in [-0.05, 0) is 43.4 Å². The highest BCUT2D eigenvalue weighted by Crippen LogP contribution is 2.26. The van der Waals surface area contributed by atoms with E-state index in [1.165, 1.54) is 0 Å². The number of nitrogens with two attached hydrogens (primary N) is 1. The molecule has 0 saturated heterocycles. The van der Waals surface area contributed by atoms with Crippen LogP contribution in [0.5, 0.6) is 5.75 Å². The third-order valence-corrected chi connectivity index (χ3v) is 2.92. The van der Waals surface area contributed by atoms with Crippen molar-refractivity contribution in [3.63, 3.8) is 0 Å². The normalized spacial score (nSPS) is 12.3. The first-order valence-electron chi connectivity index (χ1n) is 7.24. The number of carbonyl (C=O) groups excluding carboxylic acids is 1. The predicted octanol–water partition coefficient (Wildman–Crippen LogP) is 3.10. The fraction of sp³-hybridized carbons (Fsp3) is 0.562. The fourth-order valence-corrected chi connectivity index (χ4v) is 1.90. The molecule has 0 spiro atoms. The molecule has 0 radical (unpaired) electrons. The van der Waals surface area contributed by atoms with Crippen molar-refractivity contribution in [2.24, 2.45) is 11.7 Å². The van der Waals surface area contributed by atoms with E-state index in [4.69, 9.17) is 10.5 Å². The van der Waals surface area contributed by atoms with E-state index < -0.39 is 6.04 Å². The van der Waals surface area contributed by atoms with Gasteiger partial charge in [0.05, 0.1) is 18.3 Å². The number of carbonyl (C=O) groups is 1. The van der Waals surface area contributed by atoms with Gasteiger partial charge in [-0.25, -0.2) is 0 Å². The van der Waals surface area contributed by atoms with Gasteiger partial charge in [0.15, 0.2) is 0 Å². The van der Waals surface area contributed by atoms with Gasteiger partial charge >= 0.3 is 0 Å². The highest BCUT2D eigenvalue weighted by Gasteiger charge is 2.16. The van der Waals surface area contributed by atoms with Crippen LogP contribution in [0.3, 0.4) is 0 Å². The molecule has 3 N–H and O–H groups in total. The Kier molecular flexibility index (Phi) is 6.52. The lowest BCUT2D eigenvalue weighted by Gasteiger charge is -2.17. The van der Waals surface area contributed by atoms with Gasteiger partial charge in [-0.1, -0.05) is 26.8 Å². The molecule has 0 saturated carbocycles. The number of nitrogens with one attached hydrogen (secondary N) is 1. The number of hydrogen-bond donors (Lipinski definition) is 2. The molecule has 0 aliphatic heterocycles. The molecule has 112 valence electrons. The lowest BCUT2D eigenvalue weighted by molar-refractivity contribution is -0.117. The number of benzene rings is 1. The quantitative estimate of drug-likeness (QED) is 0.805. The predicted molar refractivity (Wildman–Crippen MR) is 83.0 cm³/mol. The number of anilines is 1. The van der Waals surface area contributed by atoms with Gasteiger partial charge in [-0.3, -0.25) is 4.79 Å². The standard InChI is InChI=1S/C16H26N2O2/c1-5-8-20-15-10-12(4)6-7-14(15)18-16(19)13(17)9-11(2)3/h6-7,10-11,13H,5,8-9,17H2,1-4H3,(H,18,19)/t13-/m0/s1. The van der Waals surface area contributed by atoms with E-state index in [0.29, 0.717) is 30.4 Å². The fourth-order valence-electron chi connectivity index (χ4n) is 1.90. The van der Waals surface area contributed by atoms with Gasteiger partial charge < -0.3 is 15.8 Å². The Morgan fingerprint density at radius 1 is 1.40 bits per heavy atom. The lowest BCUT2D eigenvalue weighted by atomic mass is 10.0. The van der Waals surface area contributed by atoms with E-state index in [0.717, 1.165) is 12.0 Å². The molecule has 0 heterocycles. The van der Waals surface area contributed by atoms with Gasteiger partial charge in [-0.15, -0.1) is 0 Å². The minimum absolute atomic E-state index is 0.163. The second-order valence-electron chi connectivity index (χ2n) is 5.57. The van der Waals surface area contributed by atoms with Crippen LogP contribution >= 0.6 is 0 Å². The molecular weight excluding hydrogens is 252 g/mol. The van der Waals surface area contributed by atoms with E-state index >= 15 is 0 Å². The van der Waals surface area contributed by atoms with Crippen molar-refractivity contribution >= 4 is 11.6 Å². The lowest BCUT2D eigenvalue weighted by Crippen LogP contribution is -2.36. The summed E-state index contributed by atoms with van der Waals surface area (Å²) in [6.07, 6.45) is 1.59. The van der Waals surface area contributed by atoms with E-state index in [2.05, 4.69) is 19.2 Å². The molecule has 4 nitrogen and oxygen atoms in total. The Morgan fingerprint density at radius 3 is 2.70 bits per heavy atom. The van der Waals surface area contributed by atoms with Crippen molar-refractivity contribution < 1.29 is 9.53 Å². The molecule has 20 heavy (non-hydrogen) atoms. The zero-order valence-electron chi connectivity index (χ0n) is 12.9. The number of rotatable bonds is 7. The van der Waals surface area contributed by atoms with Gasteiger partial charge in [0.25, 0.3) is 0 Å². The van der Waals surface area contributed by atoms with Crippen molar-refractivity contribution in [1.29, 1.82) is 0 Å². The van der Waals surface area contributed by atoms with E-state index in [-0.39, 0.29) is 5.91 Å². The molecule has 1 atom stereocenters. The highest BCUT2D eigenvalue weighted by molar-refractivity contribution is 5.95. The summed E-state index contributed by atoms with van der Waals surface area (Å²) in [6.45, 7) is 8.77. The zero-order chi connectivity index (χ0) is 15.1. The Bertz CT molecular complexity index is 444. The summed E-state index contributed by atoms with van der Waals surface area (Å²) in [5.74, 6) is 0.936. The smallest absolute Gasteiger partial charge is 0.241 e. The SMILES string of the molecule is CCCOc1cc(C)ccc1NC(=O)[C@@H](N)CC(C)C. The summed E-state index contributed by atoms with van der Waals surface area (Å²) in [5.41, 5.74) is 7.68. The number of aryl methyl sites for hydroxylation is 1.